The van der Waals surface area contributed by atoms with Crippen molar-refractivity contribution in [2.24, 2.45) is 4.99 Å². The molecule has 2 rings (SSSR count). The van der Waals surface area contributed by atoms with Gasteiger partial charge in [-0.05, 0) is 6.42 Å². The van der Waals surface area contributed by atoms with E-state index in [4.69, 9.17) is 0 Å². The summed E-state index contributed by atoms with van der Waals surface area (Å²) >= 11 is 3.37. The molecule has 0 aliphatic carbocycles. The van der Waals surface area contributed by atoms with Crippen LogP contribution >= 0.6 is 46.7 Å². The van der Waals surface area contributed by atoms with Gasteiger partial charge in [0, 0.05) is 37.6 Å². The van der Waals surface area contributed by atoms with Crippen molar-refractivity contribution < 1.29 is 0 Å². The Morgan fingerprint density at radius 2 is 2.04 bits per heavy atom. The lowest BCUT2D eigenvalue weighted by atomic mass is 10.4. The summed E-state index contributed by atoms with van der Waals surface area (Å²) in [6.45, 7) is 3.48. The minimum atomic E-state index is 0. The van der Waals surface area contributed by atoms with Crippen LogP contribution in [0, 0.1) is 0 Å². The molecule has 0 amide bonds. The Morgan fingerprint density at radius 1 is 1.30 bits per heavy atom. The van der Waals surface area contributed by atoms with Crippen LogP contribution in [0.3, 0.4) is 0 Å². The van der Waals surface area contributed by atoms with Crippen molar-refractivity contribution in [2.75, 3.05) is 26.0 Å². The van der Waals surface area contributed by atoms with Gasteiger partial charge in [0.1, 0.15) is 5.01 Å². The highest BCUT2D eigenvalue weighted by Crippen LogP contribution is 2.17. The lowest BCUT2D eigenvalue weighted by molar-refractivity contribution is 0.794. The summed E-state index contributed by atoms with van der Waals surface area (Å²) in [4.78, 5) is 16.5. The summed E-state index contributed by atoms with van der Waals surface area (Å²) in [7, 11) is 5.76. The Morgan fingerprint density at radius 3 is 2.61 bits per heavy atom. The molecule has 0 aromatic carbocycles. The molecule has 2 aromatic heterocycles. The number of halogens is 1. The molecule has 23 heavy (non-hydrogen) atoms. The van der Waals surface area contributed by atoms with Crippen molar-refractivity contribution in [3.8, 4) is 0 Å². The number of aryl methyl sites for hydroxylation is 1. The topological polar surface area (TPSA) is 65.4 Å². The Balaban J connectivity index is 0.00000264. The van der Waals surface area contributed by atoms with Crippen molar-refractivity contribution in [1.82, 2.24) is 20.6 Å². The maximum absolute atomic E-state index is 4.54. The number of guanidine groups is 1. The van der Waals surface area contributed by atoms with E-state index in [2.05, 4.69) is 37.9 Å². The molecule has 6 nitrogen and oxygen atoms in total. The van der Waals surface area contributed by atoms with Gasteiger partial charge in [-0.1, -0.05) is 6.92 Å². The fourth-order valence-corrected chi connectivity index (χ4v) is 3.29. The van der Waals surface area contributed by atoms with Gasteiger partial charge in [-0.2, -0.15) is 0 Å². The van der Waals surface area contributed by atoms with E-state index < -0.39 is 0 Å². The highest BCUT2D eigenvalue weighted by Gasteiger charge is 2.06. The number of aliphatic imine (C=N–C) groups is 1. The summed E-state index contributed by atoms with van der Waals surface area (Å²) in [5.74, 6) is 0.757. The summed E-state index contributed by atoms with van der Waals surface area (Å²) in [6.07, 6.45) is 2.97. The first-order chi connectivity index (χ1) is 10.6. The van der Waals surface area contributed by atoms with Crippen LogP contribution in [0.1, 0.15) is 22.5 Å². The first-order valence-electron chi connectivity index (χ1n) is 7.12. The van der Waals surface area contributed by atoms with Gasteiger partial charge >= 0.3 is 0 Å². The number of aromatic nitrogens is 2. The van der Waals surface area contributed by atoms with Crippen molar-refractivity contribution in [2.45, 2.75) is 26.4 Å². The second-order valence-corrected chi connectivity index (χ2v) is 6.91. The number of anilines is 1. The highest BCUT2D eigenvalue weighted by atomic mass is 127. The molecule has 0 bridgehead atoms. The summed E-state index contributed by atoms with van der Waals surface area (Å²) in [6, 6.07) is 0. The minimum Gasteiger partial charge on any atom is -0.354 e. The van der Waals surface area contributed by atoms with E-state index in [0.29, 0.717) is 13.1 Å². The Kier molecular flexibility index (Phi) is 8.77. The molecule has 0 atom stereocenters. The fraction of sp³-hybridized carbons (Fsp3) is 0.500. The van der Waals surface area contributed by atoms with Crippen LogP contribution in [-0.4, -0.2) is 37.1 Å². The van der Waals surface area contributed by atoms with Crippen LogP contribution in [0.25, 0.3) is 0 Å². The number of hydrogen-bond acceptors (Lipinski definition) is 6. The quantitative estimate of drug-likeness (QED) is 0.390. The molecule has 0 aliphatic rings. The van der Waals surface area contributed by atoms with E-state index in [0.717, 1.165) is 28.2 Å². The average molecular weight is 466 g/mol. The first kappa shape index (κ1) is 20.1. The van der Waals surface area contributed by atoms with Crippen molar-refractivity contribution in [1.29, 1.82) is 0 Å². The average Bonchev–Trinajstić information content (AvgIpc) is 3.16. The van der Waals surface area contributed by atoms with E-state index in [1.807, 2.05) is 25.2 Å². The number of rotatable bonds is 6. The number of hydrogen-bond donors (Lipinski definition) is 2. The van der Waals surface area contributed by atoms with E-state index in [9.17, 15) is 0 Å². The summed E-state index contributed by atoms with van der Waals surface area (Å²) in [5.41, 5.74) is 1.01. The molecule has 0 fully saturated rings. The van der Waals surface area contributed by atoms with Crippen LogP contribution in [0.4, 0.5) is 5.13 Å². The Hall–Kier alpha value is -0.940. The van der Waals surface area contributed by atoms with Crippen LogP contribution < -0.4 is 15.5 Å². The molecule has 9 heteroatoms. The van der Waals surface area contributed by atoms with Gasteiger partial charge in [0.2, 0.25) is 0 Å². The molecule has 128 valence electrons. The van der Waals surface area contributed by atoms with Crippen molar-refractivity contribution in [3.05, 3.63) is 27.2 Å². The Bertz CT molecular complexity index is 622. The predicted octanol–water partition coefficient (Wildman–Crippen LogP) is 2.71. The number of nitrogens with one attached hydrogen (secondary N) is 2. The molecular formula is C14H23IN6S2. The van der Waals surface area contributed by atoms with E-state index >= 15 is 0 Å². The molecule has 0 unspecified atom stereocenters. The maximum Gasteiger partial charge on any atom is 0.191 e. The highest BCUT2D eigenvalue weighted by molar-refractivity contribution is 14.0. The van der Waals surface area contributed by atoms with Gasteiger partial charge in [0.25, 0.3) is 0 Å². The standard InChI is InChI=1S/C14H22N6S2.HI/c1-5-11-7-16-12(22-11)8-18-13(15-2)17-6-10-9-21-14(19-10)20(3)4;/h7,9H,5-6,8H2,1-4H3,(H2,15,17,18);1H. The molecule has 2 aromatic rings. The van der Waals surface area contributed by atoms with Crippen LogP contribution in [0.2, 0.25) is 0 Å². The van der Waals surface area contributed by atoms with E-state index in [1.165, 1.54) is 4.88 Å². The fourth-order valence-electron chi connectivity index (χ4n) is 1.73. The molecule has 0 spiro atoms. The van der Waals surface area contributed by atoms with Crippen LogP contribution in [-0.2, 0) is 19.5 Å². The lowest BCUT2D eigenvalue weighted by Gasteiger charge is -2.10. The van der Waals surface area contributed by atoms with Crippen molar-refractivity contribution in [3.63, 3.8) is 0 Å². The second-order valence-electron chi connectivity index (χ2n) is 4.87. The zero-order valence-electron chi connectivity index (χ0n) is 13.8. The molecule has 0 aliphatic heterocycles. The molecule has 0 radical (unpaired) electrons. The molecule has 2 heterocycles. The van der Waals surface area contributed by atoms with Crippen LogP contribution in [0.15, 0.2) is 16.6 Å². The molecular weight excluding hydrogens is 443 g/mol. The summed E-state index contributed by atoms with van der Waals surface area (Å²) < 4.78 is 0. The van der Waals surface area contributed by atoms with Crippen LogP contribution in [0.5, 0.6) is 0 Å². The van der Waals surface area contributed by atoms with Gasteiger partial charge in [0.15, 0.2) is 11.1 Å². The minimum absolute atomic E-state index is 0. The van der Waals surface area contributed by atoms with Gasteiger partial charge in [0.05, 0.1) is 18.8 Å². The Labute approximate surface area is 162 Å². The van der Waals surface area contributed by atoms with Gasteiger partial charge in [-0.25, -0.2) is 9.97 Å². The second kappa shape index (κ2) is 10.0. The third-order valence-corrected chi connectivity index (χ3v) is 5.14. The molecule has 0 saturated heterocycles. The number of nitrogens with zero attached hydrogens (tertiary/aromatic N) is 4. The smallest absolute Gasteiger partial charge is 0.191 e. The zero-order valence-corrected chi connectivity index (χ0v) is 17.8. The van der Waals surface area contributed by atoms with Gasteiger partial charge in [-0.15, -0.1) is 46.7 Å². The third-order valence-electron chi connectivity index (χ3n) is 2.94. The molecule has 2 N–H and O–H groups in total. The SMILES string of the molecule is CCc1cnc(CNC(=NC)NCc2csc(N(C)C)n2)s1.I. The lowest BCUT2D eigenvalue weighted by Crippen LogP contribution is -2.36. The maximum atomic E-state index is 4.54. The van der Waals surface area contributed by atoms with E-state index in [1.54, 1.807) is 29.7 Å². The van der Waals surface area contributed by atoms with Gasteiger partial charge in [-0.3, -0.25) is 4.99 Å². The molecule has 0 saturated carbocycles. The van der Waals surface area contributed by atoms with Crippen molar-refractivity contribution >= 4 is 57.7 Å². The largest absolute Gasteiger partial charge is 0.354 e. The monoisotopic (exact) mass is 466 g/mol. The predicted molar refractivity (Wildman–Crippen MR) is 110 cm³/mol. The zero-order chi connectivity index (χ0) is 15.9. The normalized spacial score (nSPS) is 11.0. The number of thiazole rings is 2. The third kappa shape index (κ3) is 6.22. The summed E-state index contributed by atoms with van der Waals surface area (Å²) in [5, 5.41) is 10.7. The first-order valence-corrected chi connectivity index (χ1v) is 8.81. The van der Waals surface area contributed by atoms with Gasteiger partial charge < -0.3 is 15.5 Å². The van der Waals surface area contributed by atoms with E-state index in [-0.39, 0.29) is 24.0 Å².